The van der Waals surface area contributed by atoms with Crippen molar-refractivity contribution in [1.82, 2.24) is 19.9 Å². The van der Waals surface area contributed by atoms with Crippen molar-refractivity contribution in [2.45, 2.75) is 16.7 Å². The smallest absolute Gasteiger partial charge is 0.0798 e. The summed E-state index contributed by atoms with van der Waals surface area (Å²) in [5, 5.41) is 0. The van der Waals surface area contributed by atoms with Gasteiger partial charge in [-0.1, -0.05) is 120 Å². The van der Waals surface area contributed by atoms with Crippen molar-refractivity contribution in [3.05, 3.63) is 168 Å². The fourth-order valence-electron chi connectivity index (χ4n) is 6.74. The van der Waals surface area contributed by atoms with Crippen molar-refractivity contribution in [2.24, 2.45) is 0 Å². The van der Waals surface area contributed by atoms with E-state index in [1.165, 1.54) is 5.56 Å². The molecule has 0 radical (unpaired) electrons. The molecule has 2 N–H and O–H groups in total. The Kier molecular flexibility index (Phi) is 7.60. The molecule has 0 amide bonds. The van der Waals surface area contributed by atoms with Crippen LogP contribution < -0.4 is 0 Å². The molecule has 0 spiro atoms. The number of aryl methyl sites for hydroxylation is 1. The molecule has 5 heteroatoms. The Bertz CT molecular complexity index is 2560. The van der Waals surface area contributed by atoms with Crippen LogP contribution in [0.5, 0.6) is 0 Å². The fourth-order valence-corrected chi connectivity index (χ4v) is 7.69. The van der Waals surface area contributed by atoms with Crippen molar-refractivity contribution >= 4 is 58.1 Å². The molecular formula is C45H32N4S. The summed E-state index contributed by atoms with van der Waals surface area (Å²) < 4.78 is 0. The molecule has 238 valence electrons. The van der Waals surface area contributed by atoms with E-state index < -0.39 is 0 Å². The fraction of sp³-hybridized carbons (Fsp3) is 0.0222. The highest BCUT2D eigenvalue weighted by Gasteiger charge is 2.18. The van der Waals surface area contributed by atoms with E-state index in [2.05, 4.69) is 181 Å². The van der Waals surface area contributed by atoms with Crippen LogP contribution >= 0.6 is 11.8 Å². The lowest BCUT2D eigenvalue weighted by Crippen LogP contribution is -1.89. The summed E-state index contributed by atoms with van der Waals surface area (Å²) in [6.07, 6.45) is 8.57. The molecule has 0 atom stereocenters. The lowest BCUT2D eigenvalue weighted by Gasteiger charge is -2.07. The molecule has 8 bridgehead atoms. The number of fused-ring (bicyclic) bond motifs is 8. The Hall–Kier alpha value is -6.17. The minimum absolute atomic E-state index is 0.907. The van der Waals surface area contributed by atoms with Gasteiger partial charge in [0, 0.05) is 38.1 Å². The molecule has 9 rings (SSSR count). The van der Waals surface area contributed by atoms with Crippen molar-refractivity contribution in [3.63, 3.8) is 0 Å². The van der Waals surface area contributed by atoms with Crippen molar-refractivity contribution in [3.8, 4) is 33.4 Å². The van der Waals surface area contributed by atoms with Crippen molar-refractivity contribution < 1.29 is 0 Å². The summed E-state index contributed by atoms with van der Waals surface area (Å²) in [6.45, 7) is 2.12. The molecule has 50 heavy (non-hydrogen) atoms. The van der Waals surface area contributed by atoms with Crippen LogP contribution in [0.4, 0.5) is 0 Å². The van der Waals surface area contributed by atoms with Crippen LogP contribution in [0.2, 0.25) is 0 Å². The number of H-pyrrole nitrogens is 2. The van der Waals surface area contributed by atoms with Gasteiger partial charge in [-0.05, 0) is 84.3 Å². The first-order valence-electron chi connectivity index (χ1n) is 16.7. The highest BCUT2D eigenvalue weighted by atomic mass is 32.2. The maximum Gasteiger partial charge on any atom is 0.0798 e. The monoisotopic (exact) mass is 660 g/mol. The molecule has 4 nitrogen and oxygen atoms in total. The molecule has 0 aliphatic carbocycles. The van der Waals surface area contributed by atoms with Crippen LogP contribution in [0.1, 0.15) is 28.3 Å². The van der Waals surface area contributed by atoms with E-state index in [1.54, 1.807) is 11.8 Å². The minimum atomic E-state index is 0.907. The number of rotatable bonds is 5. The zero-order valence-electron chi connectivity index (χ0n) is 27.4. The van der Waals surface area contributed by atoms with Crippen molar-refractivity contribution in [1.29, 1.82) is 0 Å². The Morgan fingerprint density at radius 1 is 0.400 bits per heavy atom. The number of benzene rings is 4. The molecule has 2 aliphatic heterocycles. The average molecular weight is 661 g/mol. The van der Waals surface area contributed by atoms with Gasteiger partial charge in [-0.15, -0.1) is 0 Å². The molecule has 5 heterocycles. The normalized spacial score (nSPS) is 12.0. The number of aromatic nitrogens is 4. The van der Waals surface area contributed by atoms with Gasteiger partial charge in [0.2, 0.25) is 0 Å². The van der Waals surface area contributed by atoms with Gasteiger partial charge in [-0.25, -0.2) is 9.97 Å². The van der Waals surface area contributed by atoms with E-state index in [-0.39, 0.29) is 0 Å². The Morgan fingerprint density at radius 3 is 1.24 bits per heavy atom. The van der Waals surface area contributed by atoms with Crippen LogP contribution in [0.15, 0.2) is 149 Å². The predicted molar refractivity (Wildman–Crippen MR) is 210 cm³/mol. The van der Waals surface area contributed by atoms with Gasteiger partial charge in [0.05, 0.1) is 33.2 Å². The number of hydrogen-bond acceptors (Lipinski definition) is 3. The summed E-state index contributed by atoms with van der Waals surface area (Å²) in [5.41, 5.74) is 15.3. The molecule has 3 aromatic heterocycles. The molecule has 0 saturated heterocycles. The van der Waals surface area contributed by atoms with Gasteiger partial charge in [-0.3, -0.25) is 0 Å². The Labute approximate surface area is 295 Å². The number of nitrogens with one attached hydrogen (secondary N) is 2. The second-order valence-corrected chi connectivity index (χ2v) is 13.6. The summed E-state index contributed by atoms with van der Waals surface area (Å²) in [6, 6.07) is 48.9. The van der Waals surface area contributed by atoms with Gasteiger partial charge in [0.25, 0.3) is 0 Å². The predicted octanol–water partition coefficient (Wildman–Crippen LogP) is 12.1. The second kappa shape index (κ2) is 12.7. The molecule has 7 aromatic rings. The van der Waals surface area contributed by atoms with E-state index in [0.717, 1.165) is 88.0 Å². The lowest BCUT2D eigenvalue weighted by atomic mass is 10.0. The zero-order valence-corrected chi connectivity index (χ0v) is 28.2. The highest BCUT2D eigenvalue weighted by Crippen LogP contribution is 2.39. The average Bonchev–Trinajstić information content (AvgIpc) is 4.00. The maximum absolute atomic E-state index is 5.36. The molecule has 0 unspecified atom stereocenters. The van der Waals surface area contributed by atoms with Gasteiger partial charge in [0.1, 0.15) is 0 Å². The van der Waals surface area contributed by atoms with E-state index in [0.29, 0.717) is 0 Å². The second-order valence-electron chi connectivity index (χ2n) is 12.5. The zero-order chi connectivity index (χ0) is 33.4. The van der Waals surface area contributed by atoms with Crippen LogP contribution in [-0.2, 0) is 0 Å². The van der Waals surface area contributed by atoms with Crippen molar-refractivity contribution in [2.75, 3.05) is 0 Å². The van der Waals surface area contributed by atoms with Crippen LogP contribution in [0.3, 0.4) is 0 Å². The van der Waals surface area contributed by atoms with Gasteiger partial charge in [-0.2, -0.15) is 0 Å². The molecule has 4 aromatic carbocycles. The summed E-state index contributed by atoms with van der Waals surface area (Å²) in [7, 11) is 0. The van der Waals surface area contributed by atoms with E-state index in [1.807, 2.05) is 0 Å². The third kappa shape index (κ3) is 5.58. The Morgan fingerprint density at radius 2 is 0.780 bits per heavy atom. The summed E-state index contributed by atoms with van der Waals surface area (Å²) in [5.74, 6) is 0. The van der Waals surface area contributed by atoms with E-state index in [4.69, 9.17) is 9.97 Å². The van der Waals surface area contributed by atoms with Gasteiger partial charge >= 0.3 is 0 Å². The SMILES string of the molecule is Cc1ccc(Sc2c3nc(c(-c4ccccc4)c4ccc([nH]4)c(-c4ccccc4)c4nc(c(-c5ccccc5)c5ccc2[nH]5)C=C4)C=C3)cc1. The first-order chi connectivity index (χ1) is 24.7. The number of nitrogens with zero attached hydrogens (tertiary/aromatic N) is 2. The van der Waals surface area contributed by atoms with Crippen LogP contribution in [0, 0.1) is 6.92 Å². The summed E-state index contributed by atoms with van der Waals surface area (Å²) in [4.78, 5) is 20.6. The number of aromatic amines is 2. The van der Waals surface area contributed by atoms with E-state index >= 15 is 0 Å². The first-order valence-corrected chi connectivity index (χ1v) is 17.6. The molecule has 0 fully saturated rings. The third-order valence-electron chi connectivity index (χ3n) is 9.13. The van der Waals surface area contributed by atoms with E-state index in [9.17, 15) is 0 Å². The van der Waals surface area contributed by atoms with Gasteiger partial charge < -0.3 is 9.97 Å². The third-order valence-corrected chi connectivity index (χ3v) is 10.3. The Balaban J connectivity index is 1.44. The van der Waals surface area contributed by atoms with Crippen LogP contribution in [-0.4, -0.2) is 19.9 Å². The minimum Gasteiger partial charge on any atom is -0.354 e. The molecule has 0 saturated carbocycles. The summed E-state index contributed by atoms with van der Waals surface area (Å²) >= 11 is 1.73. The highest BCUT2D eigenvalue weighted by molar-refractivity contribution is 7.99. The lowest BCUT2D eigenvalue weighted by molar-refractivity contribution is 1.24. The topological polar surface area (TPSA) is 57.4 Å². The molecular weight excluding hydrogens is 629 g/mol. The number of hydrogen-bond donors (Lipinski definition) is 2. The van der Waals surface area contributed by atoms with Crippen LogP contribution in [0.25, 0.3) is 79.8 Å². The largest absolute Gasteiger partial charge is 0.354 e. The first kappa shape index (κ1) is 29.9. The molecule has 2 aliphatic rings. The standard InChI is InChI=1S/C45H32N4S/c1-29-17-19-33(20-18-29)50-45-40-27-25-38(48-40)43(31-13-7-3-8-14-31)36-23-21-34(46-36)42(30-11-5-2-6-12-30)35-22-24-37(47-35)44(32-15-9-4-10-16-32)39-26-28-41(45)49-39/h2-28,46,49H,1H3. The van der Waals surface area contributed by atoms with Gasteiger partial charge in [0.15, 0.2) is 0 Å². The quantitative estimate of drug-likeness (QED) is 0.193. The maximum atomic E-state index is 5.36.